The number of halogens is 18. The normalized spacial score (nSPS) is 15.3. The molecule has 0 spiro atoms. The van der Waals surface area contributed by atoms with Gasteiger partial charge in [0, 0.05) is 6.54 Å². The van der Waals surface area contributed by atoms with Crippen LogP contribution in [0.4, 0.5) is 85.0 Å². The number of nitrogens with one attached hydrogen (secondary N) is 1. The van der Waals surface area contributed by atoms with Crippen LogP contribution in [0.15, 0.2) is 0 Å². The van der Waals surface area contributed by atoms with E-state index >= 15 is 0 Å². The minimum absolute atomic E-state index is 0.317. The highest BCUT2D eigenvalue weighted by Crippen LogP contribution is 2.62. The third-order valence-corrected chi connectivity index (χ3v) is 4.39. The number of alkyl halides is 18. The molecule has 0 fully saturated rings. The van der Waals surface area contributed by atoms with E-state index in [4.69, 9.17) is 0 Å². The van der Waals surface area contributed by atoms with Gasteiger partial charge in [-0.1, -0.05) is 6.92 Å². The topological polar surface area (TPSA) is 50.7 Å². The maximum Gasteiger partial charge on any atom is 0.419 e. The first-order valence-electron chi connectivity index (χ1n) is 8.55. The third kappa shape index (κ3) is 4.65. The van der Waals surface area contributed by atoms with E-state index in [-0.39, 0.29) is 6.42 Å². The van der Waals surface area contributed by atoms with Crippen molar-refractivity contribution in [3.05, 3.63) is 11.6 Å². The van der Waals surface area contributed by atoms with Crippen LogP contribution in [0.3, 0.4) is 0 Å². The summed E-state index contributed by atoms with van der Waals surface area (Å²) in [6.45, 7) is 0.254. The molecule has 4 nitrogen and oxygen atoms in total. The lowest BCUT2D eigenvalue weighted by Crippen LogP contribution is -2.66. The highest BCUT2D eigenvalue weighted by atomic mass is 19.4. The van der Waals surface area contributed by atoms with E-state index in [9.17, 15) is 79.0 Å². The van der Waals surface area contributed by atoms with Gasteiger partial charge < -0.3 is 5.32 Å². The fraction of sp³-hybridized carbons (Fsp3) is 0.786. The molecule has 0 aliphatic heterocycles. The molecule has 0 aliphatic rings. The van der Waals surface area contributed by atoms with E-state index in [2.05, 4.69) is 0 Å². The zero-order valence-corrected chi connectivity index (χ0v) is 16.6. The Morgan fingerprint density at radius 2 is 0.722 bits per heavy atom. The summed E-state index contributed by atoms with van der Waals surface area (Å²) >= 11 is 0. The van der Waals surface area contributed by atoms with Crippen molar-refractivity contribution in [1.29, 1.82) is 0 Å². The second kappa shape index (κ2) is 8.84. The van der Waals surface area contributed by atoms with Gasteiger partial charge in [0.05, 0.1) is 0 Å². The molecular formula is C14H8F18N4. The lowest BCUT2D eigenvalue weighted by atomic mass is 9.82. The van der Waals surface area contributed by atoms with E-state index in [1.807, 2.05) is 9.97 Å². The first-order valence-corrected chi connectivity index (χ1v) is 8.55. The van der Waals surface area contributed by atoms with Crippen LogP contribution in [0.1, 0.15) is 25.0 Å². The SMILES string of the molecule is CCCNc1nc(C(C(F)(F)F)(C(F)(F)F)C(F)(F)F)nc(C(C(F)(F)F)(C(F)(F)F)C(F)(F)F)n1. The minimum Gasteiger partial charge on any atom is -0.354 e. The summed E-state index contributed by atoms with van der Waals surface area (Å²) in [5.41, 5.74) is -14.9. The van der Waals surface area contributed by atoms with Gasteiger partial charge in [-0.15, -0.1) is 0 Å². The molecule has 1 N–H and O–H groups in total. The molecule has 1 heterocycles. The molecule has 0 atom stereocenters. The molecule has 1 aromatic heterocycles. The standard InChI is InChI=1S/C14H8F18N4/c1-2-3-33-6-35-4(7(9(15,16)17,10(18,19)20)11(21,22)23)34-5(36-6)8(12(24,25)26,13(27,28)29)14(30,31)32/h2-3H2,1H3,(H,33,34,35,36). The van der Waals surface area contributed by atoms with Crippen molar-refractivity contribution in [2.24, 2.45) is 0 Å². The number of rotatable bonds is 5. The molecule has 210 valence electrons. The van der Waals surface area contributed by atoms with Crippen LogP contribution in [-0.2, 0) is 10.8 Å². The van der Waals surface area contributed by atoms with Gasteiger partial charge in [-0.2, -0.15) is 89.0 Å². The van der Waals surface area contributed by atoms with Crippen molar-refractivity contribution in [3.63, 3.8) is 0 Å². The van der Waals surface area contributed by atoms with Crippen molar-refractivity contribution in [2.75, 3.05) is 11.9 Å². The maximum absolute atomic E-state index is 13.3. The molecule has 0 unspecified atom stereocenters. The van der Waals surface area contributed by atoms with Crippen LogP contribution in [-0.4, -0.2) is 58.6 Å². The zero-order chi connectivity index (χ0) is 29.0. The smallest absolute Gasteiger partial charge is 0.354 e. The van der Waals surface area contributed by atoms with Gasteiger partial charge in [-0.25, -0.2) is 4.98 Å². The van der Waals surface area contributed by atoms with Crippen molar-refractivity contribution in [3.8, 4) is 0 Å². The number of aromatic nitrogens is 3. The summed E-state index contributed by atoms with van der Waals surface area (Å²) in [7, 11) is 0. The molecule has 0 saturated heterocycles. The first kappa shape index (κ1) is 31.6. The summed E-state index contributed by atoms with van der Waals surface area (Å²) in [4.78, 5) is 5.32. The molecule has 0 amide bonds. The lowest BCUT2D eigenvalue weighted by Gasteiger charge is -2.39. The van der Waals surface area contributed by atoms with Gasteiger partial charge in [0.25, 0.3) is 0 Å². The lowest BCUT2D eigenvalue weighted by molar-refractivity contribution is -0.391. The van der Waals surface area contributed by atoms with Crippen LogP contribution in [0.25, 0.3) is 0 Å². The van der Waals surface area contributed by atoms with E-state index in [0.717, 1.165) is 6.92 Å². The van der Waals surface area contributed by atoms with E-state index in [0.29, 0.717) is 0 Å². The van der Waals surface area contributed by atoms with Gasteiger partial charge in [0.1, 0.15) is 0 Å². The van der Waals surface area contributed by atoms with E-state index in [1.165, 1.54) is 10.3 Å². The molecule has 0 saturated carbocycles. The number of hydrogen-bond donors (Lipinski definition) is 1. The van der Waals surface area contributed by atoms with Gasteiger partial charge in [-0.3, -0.25) is 0 Å². The highest BCUT2D eigenvalue weighted by Gasteiger charge is 2.89. The molecule has 1 rings (SSSR count). The molecule has 1 aromatic rings. The van der Waals surface area contributed by atoms with Crippen LogP contribution in [0, 0.1) is 0 Å². The fourth-order valence-corrected chi connectivity index (χ4v) is 2.75. The average molecular weight is 574 g/mol. The summed E-state index contributed by atoms with van der Waals surface area (Å²) in [5, 5.41) is 1.36. The average Bonchev–Trinajstić information content (AvgIpc) is 2.52. The van der Waals surface area contributed by atoms with Crippen LogP contribution < -0.4 is 5.32 Å². The maximum atomic E-state index is 13.3. The zero-order valence-electron chi connectivity index (χ0n) is 16.6. The van der Waals surface area contributed by atoms with Crippen molar-refractivity contribution in [1.82, 2.24) is 15.0 Å². The Bertz CT molecular complexity index is 776. The summed E-state index contributed by atoms with van der Waals surface area (Å²) in [6, 6.07) is 0. The van der Waals surface area contributed by atoms with Gasteiger partial charge >= 0.3 is 47.9 Å². The Balaban J connectivity index is 4.54. The van der Waals surface area contributed by atoms with E-state index < -0.39 is 72.0 Å². The molecule has 22 heteroatoms. The van der Waals surface area contributed by atoms with E-state index in [1.54, 1.807) is 0 Å². The minimum atomic E-state index is -7.69. The Labute approximate surface area is 186 Å². The monoisotopic (exact) mass is 574 g/mol. The quantitative estimate of drug-likeness (QED) is 0.406. The van der Waals surface area contributed by atoms with Crippen LogP contribution in [0.2, 0.25) is 0 Å². The van der Waals surface area contributed by atoms with Crippen molar-refractivity contribution >= 4 is 5.95 Å². The summed E-state index contributed by atoms with van der Waals surface area (Å²) in [5.74, 6) is -10.2. The Kier molecular flexibility index (Phi) is 7.75. The van der Waals surface area contributed by atoms with Gasteiger partial charge in [0.15, 0.2) is 11.6 Å². The Morgan fingerprint density at radius 3 is 0.917 bits per heavy atom. The number of hydrogen-bond acceptors (Lipinski definition) is 4. The van der Waals surface area contributed by atoms with Crippen molar-refractivity contribution in [2.45, 2.75) is 61.2 Å². The molecular weight excluding hydrogens is 566 g/mol. The molecule has 0 radical (unpaired) electrons. The first-order chi connectivity index (χ1) is 15.6. The van der Waals surface area contributed by atoms with Crippen LogP contribution in [0.5, 0.6) is 0 Å². The number of anilines is 1. The van der Waals surface area contributed by atoms with Crippen LogP contribution >= 0.6 is 0 Å². The predicted molar refractivity (Wildman–Crippen MR) is 78.3 cm³/mol. The second-order valence-corrected chi connectivity index (χ2v) is 6.72. The molecule has 0 bridgehead atoms. The third-order valence-electron chi connectivity index (χ3n) is 4.39. The number of nitrogens with zero attached hydrogens (tertiary/aromatic N) is 3. The molecule has 36 heavy (non-hydrogen) atoms. The predicted octanol–water partition coefficient (Wildman–Crippen LogP) is 6.54. The molecule has 0 aromatic carbocycles. The van der Waals surface area contributed by atoms with Gasteiger partial charge in [-0.05, 0) is 6.42 Å². The second-order valence-electron chi connectivity index (χ2n) is 6.72. The highest BCUT2D eigenvalue weighted by molar-refractivity contribution is 5.34. The Hall–Kier alpha value is -2.45. The van der Waals surface area contributed by atoms with Gasteiger partial charge in [0.2, 0.25) is 5.95 Å². The summed E-state index contributed by atoms with van der Waals surface area (Å²) in [6.07, 6.45) is -46.5. The largest absolute Gasteiger partial charge is 0.419 e. The van der Waals surface area contributed by atoms with Crippen molar-refractivity contribution < 1.29 is 79.0 Å². The fourth-order valence-electron chi connectivity index (χ4n) is 2.75. The Morgan fingerprint density at radius 1 is 0.472 bits per heavy atom. The molecule has 0 aliphatic carbocycles. The summed E-state index contributed by atoms with van der Waals surface area (Å²) < 4.78 is 240.